The van der Waals surface area contributed by atoms with Crippen molar-refractivity contribution in [3.8, 4) is 5.75 Å². The van der Waals surface area contributed by atoms with Crippen molar-refractivity contribution in [1.82, 2.24) is 0 Å². The Hall–Kier alpha value is -1.91. The molecule has 0 fully saturated rings. The van der Waals surface area contributed by atoms with Gasteiger partial charge in [-0.15, -0.1) is 0 Å². The van der Waals surface area contributed by atoms with Gasteiger partial charge in [0.25, 0.3) is 0 Å². The molecule has 0 aliphatic rings. The third kappa shape index (κ3) is 2.67. The topological polar surface area (TPSA) is 69.4 Å². The van der Waals surface area contributed by atoms with E-state index in [9.17, 15) is 14.9 Å². The lowest BCUT2D eigenvalue weighted by Gasteiger charge is -2.22. The van der Waals surface area contributed by atoms with Crippen molar-refractivity contribution in [3.63, 3.8) is 0 Å². The van der Waals surface area contributed by atoms with Gasteiger partial charge in [0.05, 0.1) is 12.0 Å². The van der Waals surface area contributed by atoms with Gasteiger partial charge >= 0.3 is 5.69 Å². The summed E-state index contributed by atoms with van der Waals surface area (Å²) in [6, 6.07) is 2.92. The van der Waals surface area contributed by atoms with Crippen molar-refractivity contribution in [2.75, 3.05) is 7.11 Å². The van der Waals surface area contributed by atoms with Crippen LogP contribution in [0.3, 0.4) is 0 Å². The van der Waals surface area contributed by atoms with Crippen LogP contribution in [0.25, 0.3) is 0 Å². The van der Waals surface area contributed by atoms with E-state index in [2.05, 4.69) is 0 Å². The molecule has 0 saturated carbocycles. The number of hydrogen-bond donors (Lipinski definition) is 0. The number of ketones is 1. The summed E-state index contributed by atoms with van der Waals surface area (Å²) in [5.41, 5.74) is 0.466. The average molecular weight is 251 g/mol. The second kappa shape index (κ2) is 4.76. The van der Waals surface area contributed by atoms with E-state index in [1.54, 1.807) is 6.07 Å². The molecular weight excluding hydrogens is 234 g/mol. The molecule has 0 N–H and O–H groups in total. The highest BCUT2D eigenvalue weighted by molar-refractivity contribution is 5.95. The normalized spacial score (nSPS) is 11.2. The van der Waals surface area contributed by atoms with Crippen LogP contribution in [0.5, 0.6) is 5.75 Å². The average Bonchev–Trinajstić information content (AvgIpc) is 2.25. The molecule has 0 aliphatic carbocycles. The predicted octanol–water partition coefficient (Wildman–Crippen LogP) is 3.10. The molecule has 1 aromatic rings. The van der Waals surface area contributed by atoms with Crippen LogP contribution >= 0.6 is 0 Å². The van der Waals surface area contributed by atoms with Crippen molar-refractivity contribution in [2.24, 2.45) is 0 Å². The van der Waals surface area contributed by atoms with E-state index in [-0.39, 0.29) is 22.6 Å². The fourth-order valence-corrected chi connectivity index (χ4v) is 1.72. The predicted molar refractivity (Wildman–Crippen MR) is 68.4 cm³/mol. The molecule has 18 heavy (non-hydrogen) atoms. The number of nitrogens with zero attached hydrogens (tertiary/aromatic N) is 1. The van der Waals surface area contributed by atoms with Gasteiger partial charge in [-0.1, -0.05) is 20.8 Å². The van der Waals surface area contributed by atoms with Gasteiger partial charge in [0.1, 0.15) is 0 Å². The smallest absolute Gasteiger partial charge is 0.311 e. The number of carbonyl (C=O) groups excluding carboxylic acids is 1. The van der Waals surface area contributed by atoms with E-state index in [4.69, 9.17) is 4.74 Å². The second-order valence-corrected chi connectivity index (χ2v) is 5.14. The molecule has 0 heterocycles. The van der Waals surface area contributed by atoms with Gasteiger partial charge < -0.3 is 4.74 Å². The fourth-order valence-electron chi connectivity index (χ4n) is 1.72. The molecule has 0 aromatic heterocycles. The van der Waals surface area contributed by atoms with Crippen molar-refractivity contribution < 1.29 is 14.5 Å². The molecule has 5 nitrogen and oxygen atoms in total. The summed E-state index contributed by atoms with van der Waals surface area (Å²) in [5, 5.41) is 11.0. The Balaban J connectivity index is 3.67. The van der Waals surface area contributed by atoms with Gasteiger partial charge in [0, 0.05) is 17.2 Å². The number of methoxy groups -OCH3 is 1. The summed E-state index contributed by atoms with van der Waals surface area (Å²) in [7, 11) is 1.39. The van der Waals surface area contributed by atoms with E-state index in [0.29, 0.717) is 11.1 Å². The van der Waals surface area contributed by atoms with Gasteiger partial charge in [-0.05, 0) is 18.4 Å². The lowest BCUT2D eigenvalue weighted by atomic mass is 9.84. The van der Waals surface area contributed by atoms with E-state index in [1.165, 1.54) is 20.1 Å². The monoisotopic (exact) mass is 251 g/mol. The summed E-state index contributed by atoms with van der Waals surface area (Å²) in [4.78, 5) is 22.0. The van der Waals surface area contributed by atoms with Crippen LogP contribution in [0.4, 0.5) is 5.69 Å². The lowest BCUT2D eigenvalue weighted by Crippen LogP contribution is -2.15. The minimum Gasteiger partial charge on any atom is -0.490 e. The minimum absolute atomic E-state index is 0.171. The molecule has 5 heteroatoms. The first-order chi connectivity index (χ1) is 8.18. The molecule has 0 saturated heterocycles. The van der Waals surface area contributed by atoms with Gasteiger partial charge in [-0.3, -0.25) is 14.9 Å². The Morgan fingerprint density at radius 2 is 1.89 bits per heavy atom. The molecule has 0 spiro atoms. The number of benzene rings is 1. The zero-order chi connectivity index (χ0) is 14.1. The fraction of sp³-hybridized carbons (Fsp3) is 0.462. The zero-order valence-corrected chi connectivity index (χ0v) is 11.2. The van der Waals surface area contributed by atoms with E-state index < -0.39 is 4.92 Å². The quantitative estimate of drug-likeness (QED) is 0.470. The molecule has 1 aromatic carbocycles. The van der Waals surface area contributed by atoms with Crippen LogP contribution in [-0.2, 0) is 5.41 Å². The van der Waals surface area contributed by atoms with Crippen molar-refractivity contribution >= 4 is 11.5 Å². The summed E-state index contributed by atoms with van der Waals surface area (Å²) in [6.07, 6.45) is 0. The maximum atomic E-state index is 11.4. The molecule has 98 valence electrons. The Bertz CT molecular complexity index is 500. The number of ether oxygens (including phenoxy) is 1. The van der Waals surface area contributed by atoms with Gasteiger partial charge in [0.2, 0.25) is 5.75 Å². The summed E-state index contributed by atoms with van der Waals surface area (Å²) < 4.78 is 5.15. The van der Waals surface area contributed by atoms with Crippen molar-refractivity contribution in [1.29, 1.82) is 0 Å². The largest absolute Gasteiger partial charge is 0.490 e. The number of nitro groups is 1. The second-order valence-electron chi connectivity index (χ2n) is 5.14. The van der Waals surface area contributed by atoms with E-state index in [0.717, 1.165) is 0 Å². The molecule has 0 unspecified atom stereocenters. The first-order valence-corrected chi connectivity index (χ1v) is 5.56. The Morgan fingerprint density at radius 1 is 1.33 bits per heavy atom. The van der Waals surface area contributed by atoms with E-state index in [1.807, 2.05) is 20.8 Å². The molecule has 0 atom stereocenters. The van der Waals surface area contributed by atoms with Crippen molar-refractivity contribution in [2.45, 2.75) is 33.1 Å². The standard InChI is InChI=1S/C13H17NO4/c1-8(15)9-6-10(13(2,3)4)12(18-5)11(7-9)14(16)17/h6-7H,1-5H3. The van der Waals surface area contributed by atoms with Gasteiger partial charge in [-0.25, -0.2) is 0 Å². The highest BCUT2D eigenvalue weighted by Gasteiger charge is 2.28. The highest BCUT2D eigenvalue weighted by Crippen LogP contribution is 2.39. The van der Waals surface area contributed by atoms with Crippen LogP contribution in [0.15, 0.2) is 12.1 Å². The maximum Gasteiger partial charge on any atom is 0.311 e. The van der Waals surface area contributed by atoms with Crippen LogP contribution < -0.4 is 4.74 Å². The third-order valence-corrected chi connectivity index (χ3v) is 2.68. The zero-order valence-electron chi connectivity index (χ0n) is 11.2. The van der Waals surface area contributed by atoms with Crippen LogP contribution in [0.2, 0.25) is 0 Å². The van der Waals surface area contributed by atoms with Crippen molar-refractivity contribution in [3.05, 3.63) is 33.4 Å². The molecule has 0 aliphatic heterocycles. The number of hydrogen-bond acceptors (Lipinski definition) is 4. The Labute approximate surface area is 106 Å². The molecule has 0 bridgehead atoms. The minimum atomic E-state index is -0.527. The molecular formula is C13H17NO4. The molecule has 0 amide bonds. The number of Topliss-reactive ketones (excluding diaryl/α,β-unsaturated/α-hetero) is 1. The Morgan fingerprint density at radius 3 is 2.22 bits per heavy atom. The molecule has 0 radical (unpaired) electrons. The third-order valence-electron chi connectivity index (χ3n) is 2.68. The van der Waals surface area contributed by atoms with Gasteiger partial charge in [-0.2, -0.15) is 0 Å². The summed E-state index contributed by atoms with van der Waals surface area (Å²) in [5.74, 6) is 0.0174. The number of rotatable bonds is 3. The summed E-state index contributed by atoms with van der Waals surface area (Å²) in [6.45, 7) is 7.13. The SMILES string of the molecule is COc1c([N+](=O)[O-])cc(C(C)=O)cc1C(C)(C)C. The van der Waals surface area contributed by atoms with Crippen LogP contribution in [-0.4, -0.2) is 17.8 Å². The van der Waals surface area contributed by atoms with Crippen LogP contribution in [0, 0.1) is 10.1 Å². The van der Waals surface area contributed by atoms with Gasteiger partial charge in [0.15, 0.2) is 5.78 Å². The number of carbonyl (C=O) groups is 1. The molecule has 1 rings (SSSR count). The van der Waals surface area contributed by atoms with E-state index >= 15 is 0 Å². The highest BCUT2D eigenvalue weighted by atomic mass is 16.6. The summed E-state index contributed by atoms with van der Waals surface area (Å²) >= 11 is 0. The Kier molecular flexibility index (Phi) is 3.74. The van der Waals surface area contributed by atoms with Crippen LogP contribution in [0.1, 0.15) is 43.6 Å². The maximum absolute atomic E-state index is 11.4. The lowest BCUT2D eigenvalue weighted by molar-refractivity contribution is -0.385. The number of nitro benzene ring substituents is 1. The first kappa shape index (κ1) is 14.2. The first-order valence-electron chi connectivity index (χ1n) is 5.56.